The second kappa shape index (κ2) is 12.4. The van der Waals surface area contributed by atoms with E-state index < -0.39 is 11.7 Å². The minimum Gasteiger partial charge on any atom is -0.497 e. The summed E-state index contributed by atoms with van der Waals surface area (Å²) in [6.45, 7) is 3.32. The van der Waals surface area contributed by atoms with Crippen molar-refractivity contribution < 1.29 is 23.5 Å². The van der Waals surface area contributed by atoms with Crippen LogP contribution in [-0.2, 0) is 16.6 Å². The molecular formula is C30H34FN5O4. The average Bonchev–Trinajstić information content (AvgIpc) is 3.62. The number of hydrogen-bond donors (Lipinski definition) is 0. The molecule has 3 aromatic rings. The number of hydrazone groups is 1. The number of ether oxygens (including phenoxy) is 2. The monoisotopic (exact) mass is 547 g/mol. The van der Waals surface area contributed by atoms with Gasteiger partial charge >= 0.3 is 0 Å². The minimum atomic E-state index is -0.613. The molecule has 40 heavy (non-hydrogen) atoms. The maximum absolute atomic E-state index is 14.6. The lowest BCUT2D eigenvalue weighted by Gasteiger charge is -2.31. The van der Waals surface area contributed by atoms with Crippen LogP contribution in [0.3, 0.4) is 0 Å². The van der Waals surface area contributed by atoms with Crippen molar-refractivity contribution in [1.82, 2.24) is 19.4 Å². The molecule has 10 heteroatoms. The zero-order valence-electron chi connectivity index (χ0n) is 22.8. The second-order valence-corrected chi connectivity index (χ2v) is 9.94. The van der Waals surface area contributed by atoms with E-state index in [2.05, 4.69) is 4.90 Å². The van der Waals surface area contributed by atoms with Crippen LogP contribution in [0.5, 0.6) is 5.75 Å². The molecule has 1 fully saturated rings. The van der Waals surface area contributed by atoms with Crippen LogP contribution in [0.4, 0.5) is 4.39 Å². The number of halogens is 1. The van der Waals surface area contributed by atoms with Gasteiger partial charge in [0.05, 0.1) is 43.3 Å². The molecule has 0 spiro atoms. The van der Waals surface area contributed by atoms with E-state index in [1.807, 2.05) is 54.2 Å². The molecule has 0 unspecified atom stereocenters. The third-order valence-electron chi connectivity index (χ3n) is 7.41. The summed E-state index contributed by atoms with van der Waals surface area (Å²) in [7, 11) is 3.54. The summed E-state index contributed by atoms with van der Waals surface area (Å²) in [5.74, 6) is -0.756. The smallest absolute Gasteiger partial charge is 0.262 e. The van der Waals surface area contributed by atoms with Gasteiger partial charge in [0, 0.05) is 45.8 Å². The van der Waals surface area contributed by atoms with Gasteiger partial charge in [-0.05, 0) is 42.0 Å². The Morgan fingerprint density at radius 1 is 1.07 bits per heavy atom. The van der Waals surface area contributed by atoms with Crippen molar-refractivity contribution in [3.63, 3.8) is 0 Å². The number of carbonyl (C=O) groups is 2. The molecule has 5 rings (SSSR count). The fourth-order valence-electron chi connectivity index (χ4n) is 5.12. The molecule has 9 nitrogen and oxygen atoms in total. The van der Waals surface area contributed by atoms with E-state index >= 15 is 0 Å². The van der Waals surface area contributed by atoms with Gasteiger partial charge in [-0.3, -0.25) is 14.5 Å². The number of aryl methyl sites for hydroxylation is 1. The molecule has 2 aromatic carbocycles. The van der Waals surface area contributed by atoms with Crippen molar-refractivity contribution in [3.8, 4) is 5.75 Å². The highest BCUT2D eigenvalue weighted by Gasteiger charge is 2.35. The predicted molar refractivity (Wildman–Crippen MR) is 149 cm³/mol. The second-order valence-electron chi connectivity index (χ2n) is 9.94. The van der Waals surface area contributed by atoms with Gasteiger partial charge in [-0.15, -0.1) is 0 Å². The number of rotatable bonds is 9. The highest BCUT2D eigenvalue weighted by atomic mass is 19.1. The largest absolute Gasteiger partial charge is 0.497 e. The molecule has 1 atom stereocenters. The maximum Gasteiger partial charge on any atom is 0.262 e. The molecule has 1 saturated heterocycles. The maximum atomic E-state index is 14.6. The zero-order chi connectivity index (χ0) is 28.1. The molecule has 2 aliphatic heterocycles. The van der Waals surface area contributed by atoms with Crippen LogP contribution >= 0.6 is 0 Å². The van der Waals surface area contributed by atoms with Gasteiger partial charge in [0.25, 0.3) is 11.8 Å². The molecule has 2 aliphatic rings. The minimum absolute atomic E-state index is 0.0570. The molecule has 3 heterocycles. The van der Waals surface area contributed by atoms with Crippen LogP contribution in [0.1, 0.15) is 34.1 Å². The Bertz CT molecular complexity index is 1370. The van der Waals surface area contributed by atoms with E-state index in [0.717, 1.165) is 30.1 Å². The van der Waals surface area contributed by atoms with Gasteiger partial charge in [0.15, 0.2) is 0 Å². The number of methoxy groups -OCH3 is 1. The van der Waals surface area contributed by atoms with E-state index in [1.54, 1.807) is 19.2 Å². The summed E-state index contributed by atoms with van der Waals surface area (Å²) < 4.78 is 27.3. The van der Waals surface area contributed by atoms with Crippen LogP contribution in [0.15, 0.2) is 72.0 Å². The molecule has 0 radical (unpaired) electrons. The molecular weight excluding hydrogens is 513 g/mol. The molecule has 1 aromatic heterocycles. The highest BCUT2D eigenvalue weighted by molar-refractivity contribution is 6.02. The zero-order valence-corrected chi connectivity index (χ0v) is 22.8. The van der Waals surface area contributed by atoms with Crippen LogP contribution in [-0.4, -0.2) is 89.9 Å². The predicted octanol–water partition coefficient (Wildman–Crippen LogP) is 3.33. The number of amides is 2. The number of hydrogen-bond acceptors (Lipinski definition) is 6. The normalized spacial score (nSPS) is 17.5. The van der Waals surface area contributed by atoms with Crippen LogP contribution in [0.25, 0.3) is 0 Å². The van der Waals surface area contributed by atoms with Crippen molar-refractivity contribution in [2.75, 3.05) is 53.0 Å². The Morgan fingerprint density at radius 2 is 1.82 bits per heavy atom. The van der Waals surface area contributed by atoms with E-state index in [1.165, 1.54) is 22.0 Å². The van der Waals surface area contributed by atoms with Crippen LogP contribution in [0, 0.1) is 5.82 Å². The fraction of sp³-hybridized carbons (Fsp3) is 0.367. The molecule has 210 valence electrons. The Labute approximate surface area is 233 Å². The number of carbonyl (C=O) groups excluding carboxylic acids is 2. The van der Waals surface area contributed by atoms with Gasteiger partial charge < -0.3 is 18.9 Å². The molecule has 0 N–H and O–H groups in total. The third kappa shape index (κ3) is 6.08. The SMILES string of the molecule is COc1ccc([C@H]2CC(c3cccn3C)=NN2C(=O)CN(CCN2CCOCC2)C(=O)c2ccccc2F)cc1. The van der Waals surface area contributed by atoms with E-state index in [0.29, 0.717) is 31.9 Å². The van der Waals surface area contributed by atoms with E-state index in [9.17, 15) is 14.0 Å². The molecule has 0 bridgehead atoms. The average molecular weight is 548 g/mol. The van der Waals surface area contributed by atoms with Crippen LogP contribution in [0.2, 0.25) is 0 Å². The highest BCUT2D eigenvalue weighted by Crippen LogP contribution is 2.34. The van der Waals surface area contributed by atoms with Crippen molar-refractivity contribution in [2.45, 2.75) is 12.5 Å². The van der Waals surface area contributed by atoms with Gasteiger partial charge in [-0.25, -0.2) is 9.40 Å². The number of aromatic nitrogens is 1. The van der Waals surface area contributed by atoms with Gasteiger partial charge in [-0.1, -0.05) is 24.3 Å². The van der Waals surface area contributed by atoms with E-state index in [-0.39, 0.29) is 30.6 Å². The third-order valence-corrected chi connectivity index (χ3v) is 7.41. The Balaban J connectivity index is 1.42. The lowest BCUT2D eigenvalue weighted by molar-refractivity contribution is -0.133. The first-order chi connectivity index (χ1) is 19.4. The van der Waals surface area contributed by atoms with Crippen molar-refractivity contribution in [1.29, 1.82) is 0 Å². The first-order valence-electron chi connectivity index (χ1n) is 13.4. The van der Waals surface area contributed by atoms with Crippen LogP contribution < -0.4 is 4.74 Å². The summed E-state index contributed by atoms with van der Waals surface area (Å²) in [5, 5.41) is 6.23. The summed E-state index contributed by atoms with van der Waals surface area (Å²) in [6, 6.07) is 17.0. The van der Waals surface area contributed by atoms with E-state index in [4.69, 9.17) is 14.6 Å². The quantitative estimate of drug-likeness (QED) is 0.411. The van der Waals surface area contributed by atoms with Crippen molar-refractivity contribution in [3.05, 3.63) is 89.5 Å². The van der Waals surface area contributed by atoms with Gasteiger partial charge in [0.1, 0.15) is 18.1 Å². The van der Waals surface area contributed by atoms with Gasteiger partial charge in [0.2, 0.25) is 0 Å². The Kier molecular flexibility index (Phi) is 8.57. The summed E-state index contributed by atoms with van der Waals surface area (Å²) in [5.41, 5.74) is 2.54. The Morgan fingerprint density at radius 3 is 2.50 bits per heavy atom. The molecule has 0 aliphatic carbocycles. The molecule has 0 saturated carbocycles. The number of benzene rings is 2. The number of morpholine rings is 1. The number of nitrogens with zero attached hydrogens (tertiary/aromatic N) is 5. The van der Waals surface area contributed by atoms with Gasteiger partial charge in [-0.2, -0.15) is 5.10 Å². The van der Waals surface area contributed by atoms with Crippen molar-refractivity contribution >= 4 is 17.5 Å². The first kappa shape index (κ1) is 27.5. The lowest BCUT2D eigenvalue weighted by Crippen LogP contribution is -2.46. The summed E-state index contributed by atoms with van der Waals surface area (Å²) >= 11 is 0. The lowest BCUT2D eigenvalue weighted by atomic mass is 10.0. The standard InChI is InChI=1S/C30H34FN5O4/c1-33-13-5-8-27(33)26-20-28(22-9-11-23(39-2)12-10-22)36(32-26)29(37)21-35(15-14-34-16-18-40-19-17-34)30(38)24-6-3-4-7-25(24)31/h3-13,28H,14-21H2,1-2H3/t28-/m1/s1. The fourth-order valence-corrected chi connectivity index (χ4v) is 5.12. The molecule has 2 amide bonds. The Hall–Kier alpha value is -4.02. The summed E-state index contributed by atoms with van der Waals surface area (Å²) in [4.78, 5) is 31.0. The van der Waals surface area contributed by atoms with Crippen molar-refractivity contribution in [2.24, 2.45) is 12.1 Å². The summed E-state index contributed by atoms with van der Waals surface area (Å²) in [6.07, 6.45) is 2.45. The topological polar surface area (TPSA) is 79.6 Å². The first-order valence-corrected chi connectivity index (χ1v) is 13.4.